The average molecular weight is 699 g/mol. The molecule has 0 amide bonds. The molecule has 2 aliphatic heterocycles. The third-order valence-corrected chi connectivity index (χ3v) is 13.6. The van der Waals surface area contributed by atoms with Crippen LogP contribution in [0.5, 0.6) is 0 Å². The van der Waals surface area contributed by atoms with Crippen molar-refractivity contribution in [2.24, 2.45) is 0 Å². The summed E-state index contributed by atoms with van der Waals surface area (Å²) in [4.78, 5) is 5.25. The minimum Gasteiger partial charge on any atom is -0.307 e. The summed E-state index contributed by atoms with van der Waals surface area (Å²) in [5.74, 6) is 1.33. The summed E-state index contributed by atoms with van der Waals surface area (Å²) in [7, 11) is 0. The van der Waals surface area contributed by atoms with Gasteiger partial charge in [-0.25, -0.2) is 0 Å². The SMILES string of the molecule is Cc1cc(C)c(B2c3cc(C4CCCC4)ccc3N3c4cc5ccccc5cc4N(c4ccc(C5CCCC5)cc4)c4cc5ccccc5c2c43)c(C)c1. The molecule has 0 atom stereocenters. The van der Waals surface area contributed by atoms with Crippen LogP contribution in [0, 0.1) is 20.8 Å². The smallest absolute Gasteiger partial charge is 0.248 e. The first-order valence-corrected chi connectivity index (χ1v) is 20.5. The number of rotatable bonds is 4. The number of fused-ring (bicyclic) bond motifs is 7. The molecule has 2 aliphatic carbocycles. The fourth-order valence-corrected chi connectivity index (χ4v) is 11.2. The molecule has 0 unspecified atom stereocenters. The molecule has 0 radical (unpaired) electrons. The van der Waals surface area contributed by atoms with Gasteiger partial charge in [0.2, 0.25) is 6.71 Å². The van der Waals surface area contributed by atoms with Crippen LogP contribution in [0.15, 0.2) is 121 Å². The van der Waals surface area contributed by atoms with Crippen molar-refractivity contribution in [3.63, 3.8) is 0 Å². The maximum absolute atomic E-state index is 2.66. The van der Waals surface area contributed by atoms with Crippen LogP contribution in [0.1, 0.15) is 91.0 Å². The van der Waals surface area contributed by atoms with Crippen molar-refractivity contribution >= 4 is 78.8 Å². The number of aryl methyl sites for hydroxylation is 3. The van der Waals surface area contributed by atoms with Gasteiger partial charge in [0.05, 0.1) is 22.7 Å². The van der Waals surface area contributed by atoms with Gasteiger partial charge in [0, 0.05) is 11.4 Å². The van der Waals surface area contributed by atoms with Gasteiger partial charge in [-0.3, -0.25) is 0 Å². The van der Waals surface area contributed by atoms with Crippen molar-refractivity contribution in [2.75, 3.05) is 9.80 Å². The molecule has 2 heterocycles. The highest BCUT2D eigenvalue weighted by molar-refractivity contribution is 7.00. The third kappa shape index (κ3) is 4.86. The van der Waals surface area contributed by atoms with E-state index in [2.05, 4.69) is 152 Å². The van der Waals surface area contributed by atoms with Crippen molar-refractivity contribution in [1.29, 1.82) is 0 Å². The van der Waals surface area contributed by atoms with Crippen LogP contribution in [0.3, 0.4) is 0 Å². The molecule has 0 bridgehead atoms. The van der Waals surface area contributed by atoms with Crippen LogP contribution in [0.2, 0.25) is 0 Å². The van der Waals surface area contributed by atoms with E-state index in [1.54, 1.807) is 0 Å². The molecule has 0 saturated heterocycles. The van der Waals surface area contributed by atoms with E-state index in [9.17, 15) is 0 Å². The summed E-state index contributed by atoms with van der Waals surface area (Å²) < 4.78 is 0. The Morgan fingerprint density at radius 1 is 0.481 bits per heavy atom. The van der Waals surface area contributed by atoms with Crippen LogP contribution in [0.25, 0.3) is 21.5 Å². The predicted molar refractivity (Wildman–Crippen MR) is 232 cm³/mol. The highest BCUT2D eigenvalue weighted by atomic mass is 15.3. The summed E-state index contributed by atoms with van der Waals surface area (Å²) in [6, 6.07) is 47.6. The lowest BCUT2D eigenvalue weighted by molar-refractivity contribution is 0.723. The summed E-state index contributed by atoms with van der Waals surface area (Å²) in [5.41, 5.74) is 19.1. The Balaban J connectivity index is 1.25. The minimum absolute atomic E-state index is 0.103. The number of anilines is 6. The monoisotopic (exact) mass is 698 g/mol. The lowest BCUT2D eigenvalue weighted by Crippen LogP contribution is -2.59. The van der Waals surface area contributed by atoms with Crippen LogP contribution >= 0.6 is 0 Å². The second-order valence-corrected chi connectivity index (χ2v) is 16.9. The quantitative estimate of drug-likeness (QED) is 0.169. The molecule has 264 valence electrons. The molecule has 7 aromatic carbocycles. The lowest BCUT2D eigenvalue weighted by Gasteiger charge is -2.46. The Labute approximate surface area is 320 Å². The Kier molecular flexibility index (Phi) is 7.38. The predicted octanol–water partition coefficient (Wildman–Crippen LogP) is 12.3. The summed E-state index contributed by atoms with van der Waals surface area (Å²) >= 11 is 0. The van der Waals surface area contributed by atoms with E-state index in [-0.39, 0.29) is 6.71 Å². The van der Waals surface area contributed by atoms with E-state index < -0.39 is 0 Å². The molecular weight excluding hydrogens is 651 g/mol. The van der Waals surface area contributed by atoms with Gasteiger partial charge in [0.25, 0.3) is 0 Å². The number of benzene rings is 7. The van der Waals surface area contributed by atoms with Gasteiger partial charge < -0.3 is 9.80 Å². The van der Waals surface area contributed by atoms with E-state index in [0.717, 1.165) is 0 Å². The molecule has 11 rings (SSSR count). The van der Waals surface area contributed by atoms with E-state index in [0.29, 0.717) is 11.8 Å². The Morgan fingerprint density at radius 2 is 1.04 bits per heavy atom. The number of hydrogen-bond acceptors (Lipinski definition) is 2. The molecule has 2 fully saturated rings. The van der Waals surface area contributed by atoms with Crippen LogP contribution < -0.4 is 26.2 Å². The zero-order valence-corrected chi connectivity index (χ0v) is 31.8. The van der Waals surface area contributed by atoms with Crippen LogP contribution in [0.4, 0.5) is 34.1 Å². The maximum Gasteiger partial charge on any atom is 0.248 e. The first kappa shape index (κ1) is 32.2. The van der Waals surface area contributed by atoms with Crippen LogP contribution in [-0.4, -0.2) is 6.71 Å². The molecule has 0 aromatic heterocycles. The average Bonchev–Trinajstić information content (AvgIpc) is 3.94. The Morgan fingerprint density at radius 3 is 1.70 bits per heavy atom. The second-order valence-electron chi connectivity index (χ2n) is 16.9. The van der Waals surface area contributed by atoms with Gasteiger partial charge in [-0.1, -0.05) is 133 Å². The van der Waals surface area contributed by atoms with Crippen LogP contribution in [-0.2, 0) is 0 Å². The normalized spacial score (nSPS) is 16.7. The molecule has 2 nitrogen and oxygen atoms in total. The molecule has 3 heteroatoms. The molecule has 54 heavy (non-hydrogen) atoms. The third-order valence-electron chi connectivity index (χ3n) is 13.6. The number of hydrogen-bond donors (Lipinski definition) is 0. The molecule has 4 aliphatic rings. The largest absolute Gasteiger partial charge is 0.307 e. The topological polar surface area (TPSA) is 6.48 Å². The first-order chi connectivity index (χ1) is 26.5. The van der Waals surface area contributed by atoms with E-state index >= 15 is 0 Å². The van der Waals surface area contributed by atoms with Crippen molar-refractivity contribution in [3.05, 3.63) is 149 Å². The highest BCUT2D eigenvalue weighted by Crippen LogP contribution is 2.56. The minimum atomic E-state index is 0.103. The fourth-order valence-electron chi connectivity index (χ4n) is 11.2. The first-order valence-electron chi connectivity index (χ1n) is 20.5. The van der Waals surface area contributed by atoms with Gasteiger partial charge in [-0.2, -0.15) is 0 Å². The summed E-state index contributed by atoms with van der Waals surface area (Å²) in [6.45, 7) is 7.04. The van der Waals surface area contributed by atoms with E-state index in [1.807, 2.05) is 0 Å². The zero-order chi connectivity index (χ0) is 36.1. The molecule has 2 saturated carbocycles. The molecule has 0 spiro atoms. The van der Waals surface area contributed by atoms with Crippen molar-refractivity contribution in [2.45, 2.75) is 84.0 Å². The Hall–Kier alpha value is -5.28. The molecule has 7 aromatic rings. The van der Waals surface area contributed by atoms with Crippen molar-refractivity contribution in [1.82, 2.24) is 0 Å². The van der Waals surface area contributed by atoms with E-state index in [1.165, 1.54) is 151 Å². The number of nitrogens with zero attached hydrogens (tertiary/aromatic N) is 2. The fraction of sp³-hybridized carbons (Fsp3) is 0.255. The highest BCUT2D eigenvalue weighted by Gasteiger charge is 2.44. The molecular formula is C51H47BN2. The van der Waals surface area contributed by atoms with Gasteiger partial charge in [-0.05, 0) is 138 Å². The summed E-state index contributed by atoms with van der Waals surface area (Å²) in [6.07, 6.45) is 10.6. The van der Waals surface area contributed by atoms with E-state index in [4.69, 9.17) is 0 Å². The van der Waals surface area contributed by atoms with Gasteiger partial charge >= 0.3 is 0 Å². The lowest BCUT2D eigenvalue weighted by atomic mass is 9.33. The maximum atomic E-state index is 2.66. The zero-order valence-electron chi connectivity index (χ0n) is 31.8. The van der Waals surface area contributed by atoms with Gasteiger partial charge in [-0.15, -0.1) is 0 Å². The standard InChI is InChI=1S/C51H47BN2/c1-32-26-33(2)49(34(3)27-32)52-44-28-40(36-14-6-7-15-36)22-25-45(44)54-47-30-39-17-9-8-16-38(39)29-46(47)53(42-23-20-37(21-24-42)35-12-4-5-13-35)48-31-41-18-10-11-19-43(41)50(52)51(48)54/h8-11,16-31,35-36H,4-7,12-15H2,1-3H3. The second kappa shape index (κ2) is 12.4. The van der Waals surface area contributed by atoms with Gasteiger partial charge in [0.15, 0.2) is 0 Å². The van der Waals surface area contributed by atoms with Gasteiger partial charge in [0.1, 0.15) is 0 Å². The van der Waals surface area contributed by atoms with Crippen molar-refractivity contribution < 1.29 is 0 Å². The summed E-state index contributed by atoms with van der Waals surface area (Å²) in [5, 5.41) is 5.19. The molecule has 0 N–H and O–H groups in total. The van der Waals surface area contributed by atoms with Crippen molar-refractivity contribution in [3.8, 4) is 0 Å². The Bertz CT molecular complexity index is 2600.